The average molecular weight is 750 g/mol. The number of hydrogen-bond acceptors (Lipinski definition) is 8. The highest BCUT2D eigenvalue weighted by Gasteiger charge is 2.25. The third-order valence-electron chi connectivity index (χ3n) is 7.86. The molecule has 0 aromatic carbocycles. The molecule has 0 amide bonds. The molecule has 0 aliphatic carbocycles. The summed E-state index contributed by atoms with van der Waals surface area (Å²) in [7, 11) is -4.38. The molecule has 2 unspecified atom stereocenters. The van der Waals surface area contributed by atoms with Gasteiger partial charge in [-0.3, -0.25) is 18.6 Å². The van der Waals surface area contributed by atoms with E-state index < -0.39 is 32.5 Å². The van der Waals surface area contributed by atoms with Gasteiger partial charge in [-0.25, -0.2) is 4.57 Å². The third-order valence-corrected chi connectivity index (χ3v) is 8.84. The van der Waals surface area contributed by atoms with Crippen LogP contribution >= 0.6 is 7.82 Å². The van der Waals surface area contributed by atoms with Crippen molar-refractivity contribution in [1.82, 2.24) is 0 Å². The lowest BCUT2D eigenvalue weighted by Crippen LogP contribution is -2.29. The lowest BCUT2D eigenvalue weighted by atomic mass is 10.1. The summed E-state index contributed by atoms with van der Waals surface area (Å²) in [5.74, 6) is -0.870. The molecular weight excluding hydrogens is 677 g/mol. The fourth-order valence-corrected chi connectivity index (χ4v) is 5.69. The first-order chi connectivity index (χ1) is 25.3. The number of carbonyl (C=O) groups is 2. The zero-order valence-corrected chi connectivity index (χ0v) is 33.4. The number of rotatable bonds is 36. The van der Waals surface area contributed by atoms with Crippen molar-refractivity contribution in [2.75, 3.05) is 26.4 Å². The molecule has 0 heterocycles. The molecule has 0 radical (unpaired) electrons. The maximum Gasteiger partial charge on any atom is 0.472 e. The Morgan fingerprint density at radius 1 is 0.596 bits per heavy atom. The van der Waals surface area contributed by atoms with Gasteiger partial charge >= 0.3 is 19.8 Å². The van der Waals surface area contributed by atoms with E-state index in [-0.39, 0.29) is 32.6 Å². The Morgan fingerprint density at radius 2 is 1.06 bits per heavy atom. The van der Waals surface area contributed by atoms with Crippen LogP contribution in [0, 0.1) is 0 Å². The Bertz CT molecular complexity index is 1080. The highest BCUT2D eigenvalue weighted by molar-refractivity contribution is 7.47. The van der Waals surface area contributed by atoms with E-state index in [2.05, 4.69) is 86.8 Å². The summed E-state index contributed by atoms with van der Waals surface area (Å²) < 4.78 is 32.6. The number of unbranched alkanes of at least 4 members (excludes halogenated alkanes) is 11. The molecule has 0 saturated carbocycles. The molecule has 0 spiro atoms. The Balaban J connectivity index is 4.20. The van der Waals surface area contributed by atoms with Gasteiger partial charge in [-0.2, -0.15) is 0 Å². The number of carbonyl (C=O) groups excluding carboxylic acids is 2. The van der Waals surface area contributed by atoms with Gasteiger partial charge < -0.3 is 20.1 Å². The molecule has 9 nitrogen and oxygen atoms in total. The van der Waals surface area contributed by atoms with Gasteiger partial charge in [0.1, 0.15) is 6.61 Å². The van der Waals surface area contributed by atoms with E-state index >= 15 is 0 Å². The van der Waals surface area contributed by atoms with Gasteiger partial charge in [-0.1, -0.05) is 145 Å². The summed E-state index contributed by atoms with van der Waals surface area (Å²) in [6.07, 6.45) is 45.2. The summed E-state index contributed by atoms with van der Waals surface area (Å²) in [4.78, 5) is 34.6. The minimum atomic E-state index is -4.38. The topological polar surface area (TPSA) is 134 Å². The molecule has 10 heteroatoms. The largest absolute Gasteiger partial charge is 0.472 e. The lowest BCUT2D eigenvalue weighted by Gasteiger charge is -2.19. The molecule has 52 heavy (non-hydrogen) atoms. The number of nitrogens with two attached hydrogens (primary N) is 1. The van der Waals surface area contributed by atoms with E-state index in [1.54, 1.807) is 0 Å². The molecule has 0 aliphatic heterocycles. The first-order valence-corrected chi connectivity index (χ1v) is 21.4. The van der Waals surface area contributed by atoms with Crippen LogP contribution in [0.3, 0.4) is 0 Å². The SMILES string of the molecule is CC/C=C\C/C=C\C/C=C\C/C=C\C/C=C\C/C=C\CCCCCCC(=O)OC(COC(=O)CCCCCCCCCC)COP(=O)(O)OCCN. The van der Waals surface area contributed by atoms with Crippen LogP contribution in [0.5, 0.6) is 0 Å². The molecular formula is C42H72NO8P. The Hall–Kier alpha value is -2.55. The number of hydrogen-bond donors (Lipinski definition) is 2. The zero-order valence-electron chi connectivity index (χ0n) is 32.5. The normalized spacial score (nSPS) is 14.2. The van der Waals surface area contributed by atoms with Crippen molar-refractivity contribution in [3.8, 4) is 0 Å². The highest BCUT2D eigenvalue weighted by atomic mass is 31.2. The van der Waals surface area contributed by atoms with Gasteiger partial charge in [-0.15, -0.1) is 0 Å². The number of phosphoric ester groups is 1. The second kappa shape index (κ2) is 38.2. The van der Waals surface area contributed by atoms with Crippen LogP contribution in [0.1, 0.15) is 149 Å². The van der Waals surface area contributed by atoms with Crippen LogP contribution in [0.15, 0.2) is 72.9 Å². The molecule has 0 fully saturated rings. The standard InChI is InChI=1S/C42H72NO8P/c1-3-5-7-9-11-13-14-15-16-17-18-19-20-21-22-23-24-25-26-27-29-31-33-35-42(45)51-40(39-50-52(46,47)49-37-36-43)38-48-41(44)34-32-30-28-12-10-8-6-4-2/h5,7,11,13,15-16,18-19,21-22,24-25,40H,3-4,6,8-10,12,14,17,20,23,26-39,43H2,1-2H3,(H,46,47)/b7-5-,13-11-,16-15-,19-18-,22-21-,25-24-. The van der Waals surface area contributed by atoms with Crippen molar-refractivity contribution < 1.29 is 37.6 Å². The monoisotopic (exact) mass is 749 g/mol. The molecule has 2 atom stereocenters. The van der Waals surface area contributed by atoms with Gasteiger partial charge in [0.2, 0.25) is 0 Å². The molecule has 0 aromatic heterocycles. The van der Waals surface area contributed by atoms with Crippen LogP contribution in [0.2, 0.25) is 0 Å². The number of phosphoric acid groups is 1. The van der Waals surface area contributed by atoms with Crippen molar-refractivity contribution in [3.05, 3.63) is 72.9 Å². The summed E-state index contributed by atoms with van der Waals surface area (Å²) in [5, 5.41) is 0. The molecule has 3 N–H and O–H groups in total. The van der Waals surface area contributed by atoms with E-state index in [1.165, 1.54) is 32.1 Å². The molecule has 298 valence electrons. The van der Waals surface area contributed by atoms with Crippen molar-refractivity contribution in [2.45, 2.75) is 155 Å². The van der Waals surface area contributed by atoms with Crippen LogP contribution in [0.25, 0.3) is 0 Å². The zero-order chi connectivity index (χ0) is 38.2. The maximum absolute atomic E-state index is 12.5. The molecule has 0 aliphatic rings. The summed E-state index contributed by atoms with van der Waals surface area (Å²) in [6, 6.07) is 0. The summed E-state index contributed by atoms with van der Waals surface area (Å²) in [5.41, 5.74) is 5.32. The van der Waals surface area contributed by atoms with E-state index in [9.17, 15) is 19.0 Å². The Labute approximate surface area is 316 Å². The number of esters is 2. The highest BCUT2D eigenvalue weighted by Crippen LogP contribution is 2.43. The minimum absolute atomic E-state index is 0.0457. The van der Waals surface area contributed by atoms with Gasteiger partial charge in [0.15, 0.2) is 6.10 Å². The lowest BCUT2D eigenvalue weighted by molar-refractivity contribution is -0.161. The van der Waals surface area contributed by atoms with Crippen molar-refractivity contribution in [3.63, 3.8) is 0 Å². The smallest absolute Gasteiger partial charge is 0.462 e. The Kier molecular flexibility index (Phi) is 36.3. The van der Waals surface area contributed by atoms with E-state index in [0.717, 1.165) is 83.5 Å². The summed E-state index contributed by atoms with van der Waals surface area (Å²) in [6.45, 7) is 3.52. The fourth-order valence-electron chi connectivity index (χ4n) is 4.93. The van der Waals surface area contributed by atoms with Crippen molar-refractivity contribution in [1.29, 1.82) is 0 Å². The van der Waals surface area contributed by atoms with E-state index in [0.29, 0.717) is 6.42 Å². The predicted octanol–water partition coefficient (Wildman–Crippen LogP) is 11.1. The van der Waals surface area contributed by atoms with Gasteiger partial charge in [0.05, 0.1) is 13.2 Å². The first kappa shape index (κ1) is 49.5. The van der Waals surface area contributed by atoms with Gasteiger partial charge in [0.25, 0.3) is 0 Å². The predicted molar refractivity (Wildman–Crippen MR) is 215 cm³/mol. The van der Waals surface area contributed by atoms with Crippen LogP contribution in [0.4, 0.5) is 0 Å². The quantitative estimate of drug-likeness (QED) is 0.0278. The number of allylic oxidation sites excluding steroid dienone is 12. The van der Waals surface area contributed by atoms with Gasteiger partial charge in [-0.05, 0) is 64.2 Å². The second-order valence-corrected chi connectivity index (χ2v) is 14.2. The van der Waals surface area contributed by atoms with E-state index in [4.69, 9.17) is 24.3 Å². The van der Waals surface area contributed by atoms with Gasteiger partial charge in [0, 0.05) is 19.4 Å². The van der Waals surface area contributed by atoms with Crippen LogP contribution in [-0.4, -0.2) is 49.3 Å². The van der Waals surface area contributed by atoms with Crippen LogP contribution in [-0.2, 0) is 32.7 Å². The maximum atomic E-state index is 12.5. The van der Waals surface area contributed by atoms with Crippen molar-refractivity contribution >= 4 is 19.8 Å². The number of ether oxygens (including phenoxy) is 2. The minimum Gasteiger partial charge on any atom is -0.462 e. The Morgan fingerprint density at radius 3 is 1.58 bits per heavy atom. The van der Waals surface area contributed by atoms with E-state index in [1.807, 2.05) is 0 Å². The van der Waals surface area contributed by atoms with Crippen LogP contribution < -0.4 is 5.73 Å². The fraction of sp³-hybridized carbons (Fsp3) is 0.667. The molecule has 0 saturated heterocycles. The second-order valence-electron chi connectivity index (χ2n) is 12.8. The molecule has 0 bridgehead atoms. The summed E-state index contributed by atoms with van der Waals surface area (Å²) >= 11 is 0. The first-order valence-electron chi connectivity index (χ1n) is 19.9. The third kappa shape index (κ3) is 37.2. The molecule has 0 aromatic rings. The van der Waals surface area contributed by atoms with Crippen molar-refractivity contribution in [2.24, 2.45) is 5.73 Å². The average Bonchev–Trinajstić information content (AvgIpc) is 3.13. The molecule has 0 rings (SSSR count).